The summed E-state index contributed by atoms with van der Waals surface area (Å²) in [6.07, 6.45) is 4.64. The maximum Gasteiger partial charge on any atom is 0.410 e. The van der Waals surface area contributed by atoms with Gasteiger partial charge in [0, 0.05) is 31.8 Å². The van der Waals surface area contributed by atoms with Crippen molar-refractivity contribution in [1.82, 2.24) is 10.2 Å². The van der Waals surface area contributed by atoms with Crippen LogP contribution in [-0.2, 0) is 9.47 Å². The summed E-state index contributed by atoms with van der Waals surface area (Å²) in [6.45, 7) is 10.1. The van der Waals surface area contributed by atoms with Gasteiger partial charge in [-0.3, -0.25) is 0 Å². The Labute approximate surface area is 128 Å². The predicted molar refractivity (Wildman–Crippen MR) is 82.4 cm³/mol. The Morgan fingerprint density at radius 3 is 2.48 bits per heavy atom. The second-order valence-electron chi connectivity index (χ2n) is 7.10. The minimum atomic E-state index is -0.420. The van der Waals surface area contributed by atoms with Gasteiger partial charge in [-0.15, -0.1) is 0 Å². The lowest BCUT2D eigenvalue weighted by Crippen LogP contribution is -2.49. The summed E-state index contributed by atoms with van der Waals surface area (Å²) in [5, 5.41) is 3.51. The van der Waals surface area contributed by atoms with E-state index >= 15 is 0 Å². The zero-order valence-electron chi connectivity index (χ0n) is 13.9. The molecular formula is C16H30N2O3. The van der Waals surface area contributed by atoms with Gasteiger partial charge in [-0.25, -0.2) is 4.79 Å². The molecule has 0 aromatic carbocycles. The molecule has 2 rings (SSSR count). The smallest absolute Gasteiger partial charge is 0.410 e. The Kier molecular flexibility index (Phi) is 5.49. The number of nitrogens with one attached hydrogen (secondary N) is 1. The minimum Gasteiger partial charge on any atom is -0.444 e. The molecule has 122 valence electrons. The van der Waals surface area contributed by atoms with Gasteiger partial charge in [-0.2, -0.15) is 0 Å². The highest BCUT2D eigenvalue weighted by Gasteiger charge is 2.35. The monoisotopic (exact) mass is 298 g/mol. The van der Waals surface area contributed by atoms with Gasteiger partial charge >= 0.3 is 6.09 Å². The first-order valence-corrected chi connectivity index (χ1v) is 8.23. The summed E-state index contributed by atoms with van der Waals surface area (Å²) in [6, 6.07) is 0.931. The van der Waals surface area contributed by atoms with Crippen LogP contribution in [-0.4, -0.2) is 54.5 Å². The van der Waals surface area contributed by atoms with E-state index in [0.29, 0.717) is 18.2 Å². The van der Waals surface area contributed by atoms with Crippen molar-refractivity contribution >= 4 is 6.09 Å². The summed E-state index contributed by atoms with van der Waals surface area (Å²) in [5.74, 6) is 0. The quantitative estimate of drug-likeness (QED) is 0.785. The minimum absolute atomic E-state index is 0.174. The molecule has 0 radical (unpaired) electrons. The first-order chi connectivity index (χ1) is 9.89. The third-order valence-corrected chi connectivity index (χ3v) is 3.90. The van der Waals surface area contributed by atoms with E-state index in [1.807, 2.05) is 32.6 Å². The first-order valence-electron chi connectivity index (χ1n) is 8.23. The van der Waals surface area contributed by atoms with Crippen LogP contribution in [0.1, 0.15) is 53.4 Å². The zero-order valence-corrected chi connectivity index (χ0v) is 13.9. The van der Waals surface area contributed by atoms with Gasteiger partial charge in [0.1, 0.15) is 5.60 Å². The van der Waals surface area contributed by atoms with Crippen LogP contribution in [0.2, 0.25) is 0 Å². The number of rotatable bonds is 7. The summed E-state index contributed by atoms with van der Waals surface area (Å²) in [4.78, 5) is 14.1. The number of carbonyl (C=O) groups excluding carboxylic acids is 1. The van der Waals surface area contributed by atoms with Crippen molar-refractivity contribution in [2.24, 2.45) is 0 Å². The molecule has 2 aliphatic carbocycles. The molecule has 2 aliphatic rings. The van der Waals surface area contributed by atoms with Crippen molar-refractivity contribution < 1.29 is 14.3 Å². The van der Waals surface area contributed by atoms with Gasteiger partial charge in [0.15, 0.2) is 0 Å². The van der Waals surface area contributed by atoms with Gasteiger partial charge in [-0.1, -0.05) is 0 Å². The van der Waals surface area contributed by atoms with Gasteiger partial charge in [0.2, 0.25) is 0 Å². The summed E-state index contributed by atoms with van der Waals surface area (Å²) in [7, 11) is 0. The molecule has 0 aliphatic heterocycles. The van der Waals surface area contributed by atoms with Crippen LogP contribution >= 0.6 is 0 Å². The zero-order chi connectivity index (χ0) is 15.5. The van der Waals surface area contributed by atoms with E-state index in [4.69, 9.17) is 9.47 Å². The number of hydrogen-bond donors (Lipinski definition) is 1. The summed E-state index contributed by atoms with van der Waals surface area (Å²) >= 11 is 0. The highest BCUT2D eigenvalue weighted by atomic mass is 16.6. The van der Waals surface area contributed by atoms with Crippen molar-refractivity contribution in [3.8, 4) is 0 Å². The normalized spacial score (nSPS) is 25.3. The molecule has 0 aromatic rings. The predicted octanol–water partition coefficient (Wildman–Crippen LogP) is 2.54. The fourth-order valence-electron chi connectivity index (χ4n) is 2.62. The van der Waals surface area contributed by atoms with E-state index in [-0.39, 0.29) is 6.09 Å². The van der Waals surface area contributed by atoms with Crippen LogP contribution in [0.5, 0.6) is 0 Å². The molecule has 0 spiro atoms. The van der Waals surface area contributed by atoms with Gasteiger partial charge in [0.25, 0.3) is 0 Å². The third-order valence-electron chi connectivity index (χ3n) is 3.90. The number of carbonyl (C=O) groups is 1. The Morgan fingerprint density at radius 1 is 1.29 bits per heavy atom. The van der Waals surface area contributed by atoms with E-state index in [1.165, 1.54) is 0 Å². The molecule has 5 nitrogen and oxygen atoms in total. The van der Waals surface area contributed by atoms with Crippen LogP contribution < -0.4 is 5.32 Å². The van der Waals surface area contributed by atoms with Crippen LogP contribution in [0.4, 0.5) is 4.79 Å². The van der Waals surface area contributed by atoms with Crippen molar-refractivity contribution in [3.63, 3.8) is 0 Å². The van der Waals surface area contributed by atoms with E-state index in [2.05, 4.69) is 5.32 Å². The van der Waals surface area contributed by atoms with E-state index < -0.39 is 5.60 Å². The molecule has 21 heavy (non-hydrogen) atoms. The second kappa shape index (κ2) is 6.97. The van der Waals surface area contributed by atoms with E-state index in [1.54, 1.807) is 0 Å². The molecule has 1 N–H and O–H groups in total. The molecule has 0 bridgehead atoms. The molecule has 0 unspecified atom stereocenters. The van der Waals surface area contributed by atoms with Gasteiger partial charge in [0.05, 0.1) is 6.10 Å². The molecule has 5 heteroatoms. The Morgan fingerprint density at radius 2 is 1.95 bits per heavy atom. The Hall–Kier alpha value is -0.810. The van der Waals surface area contributed by atoms with E-state index in [0.717, 1.165) is 45.4 Å². The maximum atomic E-state index is 12.2. The van der Waals surface area contributed by atoms with Crippen LogP contribution in [0, 0.1) is 0 Å². The van der Waals surface area contributed by atoms with Gasteiger partial charge < -0.3 is 19.7 Å². The molecular weight excluding hydrogens is 268 g/mol. The number of ether oxygens (including phenoxy) is 2. The Bertz CT molecular complexity index is 344. The average Bonchev–Trinajstić information content (AvgIpc) is 3.12. The second-order valence-corrected chi connectivity index (χ2v) is 7.10. The van der Waals surface area contributed by atoms with Crippen molar-refractivity contribution in [2.45, 2.75) is 77.2 Å². The molecule has 0 aromatic heterocycles. The average molecular weight is 298 g/mol. The lowest BCUT2D eigenvalue weighted by Gasteiger charge is -2.36. The van der Waals surface area contributed by atoms with Crippen molar-refractivity contribution in [1.29, 1.82) is 0 Å². The first kappa shape index (κ1) is 16.6. The molecule has 2 saturated carbocycles. The number of hydrogen-bond acceptors (Lipinski definition) is 4. The fraction of sp³-hybridized carbons (Fsp3) is 0.938. The SMILES string of the molecule is CCOC1CC(NCCN(C(=O)OC(C)(C)C)C2CC2)C1. The molecule has 2 fully saturated rings. The largest absolute Gasteiger partial charge is 0.444 e. The van der Waals surface area contributed by atoms with Crippen LogP contribution in [0.3, 0.4) is 0 Å². The molecule has 0 saturated heterocycles. The van der Waals surface area contributed by atoms with Crippen LogP contribution in [0.15, 0.2) is 0 Å². The summed E-state index contributed by atoms with van der Waals surface area (Å²) < 4.78 is 11.0. The van der Waals surface area contributed by atoms with Crippen molar-refractivity contribution in [3.05, 3.63) is 0 Å². The number of nitrogens with zero attached hydrogens (tertiary/aromatic N) is 1. The van der Waals surface area contributed by atoms with Gasteiger partial charge in [-0.05, 0) is 53.4 Å². The third kappa shape index (κ3) is 5.47. The lowest BCUT2D eigenvalue weighted by molar-refractivity contribution is -0.0109. The highest BCUT2D eigenvalue weighted by Crippen LogP contribution is 2.28. The van der Waals surface area contributed by atoms with Crippen molar-refractivity contribution in [2.75, 3.05) is 19.7 Å². The molecule has 1 amide bonds. The Balaban J connectivity index is 1.66. The summed E-state index contributed by atoms with van der Waals surface area (Å²) in [5.41, 5.74) is -0.420. The molecule has 0 atom stereocenters. The molecule has 0 heterocycles. The fourth-order valence-corrected chi connectivity index (χ4v) is 2.62. The topological polar surface area (TPSA) is 50.8 Å². The standard InChI is InChI=1S/C16H30N2O3/c1-5-20-14-10-12(11-14)17-8-9-18(13-6-7-13)15(19)21-16(2,3)4/h12-14,17H,5-11H2,1-4H3. The number of amides is 1. The van der Waals surface area contributed by atoms with E-state index in [9.17, 15) is 4.79 Å². The lowest BCUT2D eigenvalue weighted by atomic mass is 9.89. The van der Waals surface area contributed by atoms with Crippen LogP contribution in [0.25, 0.3) is 0 Å². The maximum absolute atomic E-state index is 12.2. The highest BCUT2D eigenvalue weighted by molar-refractivity contribution is 5.69.